The van der Waals surface area contributed by atoms with E-state index in [0.717, 1.165) is 50.2 Å². The van der Waals surface area contributed by atoms with Crippen LogP contribution in [0, 0.1) is 11.3 Å². The van der Waals surface area contributed by atoms with Gasteiger partial charge >= 0.3 is 5.92 Å². The highest BCUT2D eigenvalue weighted by Crippen LogP contribution is 2.53. The maximum Gasteiger partial charge on any atom is 0.321 e. The highest BCUT2D eigenvalue weighted by molar-refractivity contribution is 5.83. The van der Waals surface area contributed by atoms with E-state index in [9.17, 15) is 13.6 Å². The molecule has 7 heteroatoms. The summed E-state index contributed by atoms with van der Waals surface area (Å²) in [7, 11) is 0. The number of piperidine rings is 1. The number of rotatable bonds is 3. The molecule has 5 nitrogen and oxygen atoms in total. The Bertz CT molecular complexity index is 731. The number of halogens is 2. The first-order chi connectivity index (χ1) is 12.2. The fourth-order valence-corrected chi connectivity index (χ4v) is 5.33. The molecule has 1 aliphatic heterocycles. The predicted molar refractivity (Wildman–Crippen MR) is 94.2 cm³/mol. The monoisotopic (exact) mass is 364 g/mol. The van der Waals surface area contributed by atoms with Crippen LogP contribution in [-0.4, -0.2) is 40.4 Å². The highest BCUT2D eigenvalue weighted by atomic mass is 19.3. The molecule has 1 aromatic heterocycles. The first-order valence-electron chi connectivity index (χ1n) is 9.49. The number of aryl methyl sites for hydroxylation is 1. The second-order valence-electron chi connectivity index (χ2n) is 8.58. The summed E-state index contributed by atoms with van der Waals surface area (Å²) in [5.41, 5.74) is 2.10. The number of aromatic nitrogens is 2. The third-order valence-electron chi connectivity index (χ3n) is 6.48. The number of fused-ring (bicyclic) bond motifs is 2. The maximum atomic E-state index is 13.4. The highest BCUT2D eigenvalue weighted by Gasteiger charge is 2.61. The molecular formula is C19H26F2N4O. The maximum absolute atomic E-state index is 13.4. The normalized spacial score (nSPS) is 29.6. The SMILES string of the molecule is CC(F)(F)C(=O)NC1C2CCCN(c3ncnc4c3CCC4)C2C1(C)C. The van der Waals surface area contributed by atoms with Crippen molar-refractivity contribution in [3.05, 3.63) is 17.6 Å². The van der Waals surface area contributed by atoms with Crippen molar-refractivity contribution in [3.8, 4) is 0 Å². The van der Waals surface area contributed by atoms with Crippen LogP contribution in [0.4, 0.5) is 14.6 Å². The summed E-state index contributed by atoms with van der Waals surface area (Å²) in [5, 5.41) is 2.62. The molecule has 1 aromatic rings. The molecule has 1 amide bonds. The number of carbonyl (C=O) groups excluding carboxylic acids is 1. The lowest BCUT2D eigenvalue weighted by molar-refractivity contribution is -0.149. The van der Waals surface area contributed by atoms with Gasteiger partial charge in [-0.15, -0.1) is 0 Å². The summed E-state index contributed by atoms with van der Waals surface area (Å²) >= 11 is 0. The molecule has 1 saturated heterocycles. The number of nitrogens with zero attached hydrogens (tertiary/aromatic N) is 3. The molecule has 2 fully saturated rings. The van der Waals surface area contributed by atoms with Gasteiger partial charge in [0.2, 0.25) is 0 Å². The standard InChI is InChI=1S/C19H26F2N4O/c1-18(2)14(24-17(26)19(3,20)21)12-7-5-9-25(15(12)18)16-11-6-4-8-13(11)22-10-23-16/h10,12,14-15H,4-9H2,1-3H3,(H,24,26). The molecule has 1 N–H and O–H groups in total. The number of anilines is 1. The summed E-state index contributed by atoms with van der Waals surface area (Å²) in [6.07, 6.45) is 6.67. The third kappa shape index (κ3) is 2.58. The molecule has 0 spiro atoms. The van der Waals surface area contributed by atoms with Crippen LogP contribution in [0.3, 0.4) is 0 Å². The van der Waals surface area contributed by atoms with Gasteiger partial charge in [-0.1, -0.05) is 13.8 Å². The van der Waals surface area contributed by atoms with Crippen LogP contribution in [0.1, 0.15) is 51.3 Å². The van der Waals surface area contributed by atoms with Crippen molar-refractivity contribution in [1.29, 1.82) is 0 Å². The van der Waals surface area contributed by atoms with Crippen LogP contribution >= 0.6 is 0 Å². The van der Waals surface area contributed by atoms with Crippen LogP contribution < -0.4 is 10.2 Å². The Hall–Kier alpha value is -1.79. The molecule has 0 bridgehead atoms. The molecule has 4 rings (SSSR count). The van der Waals surface area contributed by atoms with Gasteiger partial charge in [0.25, 0.3) is 5.91 Å². The number of nitrogens with one attached hydrogen (secondary N) is 1. The van der Waals surface area contributed by atoms with E-state index in [1.165, 1.54) is 5.56 Å². The molecule has 3 aliphatic rings. The van der Waals surface area contributed by atoms with Crippen molar-refractivity contribution < 1.29 is 13.6 Å². The summed E-state index contributed by atoms with van der Waals surface area (Å²) in [4.78, 5) is 23.2. The van der Waals surface area contributed by atoms with Crippen molar-refractivity contribution >= 4 is 11.7 Å². The first kappa shape index (κ1) is 17.6. The number of amides is 1. The van der Waals surface area contributed by atoms with Gasteiger partial charge in [-0.3, -0.25) is 4.79 Å². The average Bonchev–Trinajstić information content (AvgIpc) is 3.06. The molecule has 26 heavy (non-hydrogen) atoms. The smallest absolute Gasteiger partial charge is 0.321 e. The second kappa shape index (κ2) is 5.86. The third-order valence-corrected chi connectivity index (χ3v) is 6.48. The zero-order valence-electron chi connectivity index (χ0n) is 15.6. The molecular weight excluding hydrogens is 338 g/mol. The Kier molecular flexibility index (Phi) is 3.97. The summed E-state index contributed by atoms with van der Waals surface area (Å²) in [6, 6.07) is -0.0323. The van der Waals surface area contributed by atoms with Gasteiger partial charge in [0, 0.05) is 48.1 Å². The van der Waals surface area contributed by atoms with Crippen molar-refractivity contribution in [2.45, 2.75) is 70.9 Å². The van der Waals surface area contributed by atoms with Gasteiger partial charge in [-0.05, 0) is 32.1 Å². The lowest BCUT2D eigenvalue weighted by Crippen LogP contribution is -2.75. The van der Waals surface area contributed by atoms with E-state index in [4.69, 9.17) is 0 Å². The summed E-state index contributed by atoms with van der Waals surface area (Å²) in [6.45, 7) is 5.70. The van der Waals surface area contributed by atoms with E-state index in [-0.39, 0.29) is 23.4 Å². The van der Waals surface area contributed by atoms with Gasteiger partial charge < -0.3 is 10.2 Å². The second-order valence-corrected chi connectivity index (χ2v) is 8.58. The van der Waals surface area contributed by atoms with Crippen molar-refractivity contribution in [2.24, 2.45) is 11.3 Å². The largest absolute Gasteiger partial charge is 0.352 e. The fraction of sp³-hybridized carbons (Fsp3) is 0.737. The number of carbonyl (C=O) groups is 1. The molecule has 3 unspecified atom stereocenters. The molecule has 1 saturated carbocycles. The minimum Gasteiger partial charge on any atom is -0.352 e. The Balaban J connectivity index is 1.60. The molecule has 3 atom stereocenters. The Labute approximate surface area is 152 Å². The van der Waals surface area contributed by atoms with Crippen LogP contribution in [0.2, 0.25) is 0 Å². The van der Waals surface area contributed by atoms with Crippen molar-refractivity contribution in [3.63, 3.8) is 0 Å². The van der Waals surface area contributed by atoms with Gasteiger partial charge in [0.1, 0.15) is 12.1 Å². The molecule has 2 aliphatic carbocycles. The number of hydrogen-bond donors (Lipinski definition) is 1. The summed E-state index contributed by atoms with van der Waals surface area (Å²) < 4.78 is 26.7. The quantitative estimate of drug-likeness (QED) is 0.896. The molecule has 0 radical (unpaired) electrons. The molecule has 2 heterocycles. The number of alkyl halides is 2. The van der Waals surface area contributed by atoms with Crippen LogP contribution in [0.25, 0.3) is 0 Å². The Morgan fingerprint density at radius 1 is 1.31 bits per heavy atom. The topological polar surface area (TPSA) is 58.1 Å². The van der Waals surface area contributed by atoms with E-state index < -0.39 is 11.8 Å². The van der Waals surface area contributed by atoms with Gasteiger partial charge in [0.05, 0.1) is 0 Å². The van der Waals surface area contributed by atoms with Crippen molar-refractivity contribution in [1.82, 2.24) is 15.3 Å². The number of hydrogen-bond acceptors (Lipinski definition) is 4. The van der Waals surface area contributed by atoms with E-state index in [2.05, 4.69) is 34.0 Å². The minimum absolute atomic E-state index is 0.178. The molecule has 142 valence electrons. The van der Waals surface area contributed by atoms with E-state index in [0.29, 0.717) is 6.92 Å². The summed E-state index contributed by atoms with van der Waals surface area (Å²) in [5.74, 6) is -3.32. The van der Waals surface area contributed by atoms with E-state index in [1.807, 2.05) is 0 Å². The zero-order chi connectivity index (χ0) is 18.7. The zero-order valence-corrected chi connectivity index (χ0v) is 15.6. The average molecular weight is 364 g/mol. The Morgan fingerprint density at radius 2 is 2.08 bits per heavy atom. The minimum atomic E-state index is -3.34. The van der Waals surface area contributed by atoms with Crippen molar-refractivity contribution in [2.75, 3.05) is 11.4 Å². The lowest BCUT2D eigenvalue weighted by atomic mass is 9.52. The van der Waals surface area contributed by atoms with E-state index in [1.54, 1.807) is 6.33 Å². The van der Waals surface area contributed by atoms with Gasteiger partial charge in [-0.2, -0.15) is 8.78 Å². The fourth-order valence-electron chi connectivity index (χ4n) is 5.33. The van der Waals surface area contributed by atoms with Gasteiger partial charge in [-0.25, -0.2) is 9.97 Å². The lowest BCUT2D eigenvalue weighted by Gasteiger charge is -2.64. The van der Waals surface area contributed by atoms with Crippen LogP contribution in [-0.2, 0) is 17.6 Å². The van der Waals surface area contributed by atoms with Crippen LogP contribution in [0.5, 0.6) is 0 Å². The predicted octanol–water partition coefficient (Wildman–Crippen LogP) is 2.73. The van der Waals surface area contributed by atoms with Crippen LogP contribution in [0.15, 0.2) is 6.33 Å². The van der Waals surface area contributed by atoms with Gasteiger partial charge in [0.15, 0.2) is 0 Å². The first-order valence-corrected chi connectivity index (χ1v) is 9.49. The van der Waals surface area contributed by atoms with E-state index >= 15 is 0 Å². The molecule has 0 aromatic carbocycles. The Morgan fingerprint density at radius 3 is 2.81 bits per heavy atom.